The molecule has 128 valence electrons. The molecule has 1 unspecified atom stereocenters. The van der Waals surface area contributed by atoms with Gasteiger partial charge in [0.25, 0.3) is 11.8 Å². The Kier molecular flexibility index (Phi) is 5.48. The Morgan fingerprint density at radius 3 is 2.60 bits per heavy atom. The Labute approximate surface area is 151 Å². The lowest BCUT2D eigenvalue weighted by atomic mass is 10.2. The Balaban J connectivity index is 1.54. The molecule has 1 heterocycles. The van der Waals surface area contributed by atoms with Crippen LogP contribution in [0.5, 0.6) is 0 Å². The van der Waals surface area contributed by atoms with E-state index in [1.54, 1.807) is 30.5 Å². The van der Waals surface area contributed by atoms with E-state index in [9.17, 15) is 4.79 Å². The van der Waals surface area contributed by atoms with Crippen molar-refractivity contribution in [2.24, 2.45) is 0 Å². The number of nitrogens with zero attached hydrogens (tertiary/aromatic N) is 1. The largest absolute Gasteiger partial charge is 0.435 e. The molecule has 2 N–H and O–H groups in total. The standard InChI is InChI=1S/C19H18ClN3O2/c1-23(12-18(24)22-16-9-7-15(20)8-10-16)13-19-21-11-17(25-19)14-5-3-2-4-6-14/h2-11H,12-13H2,1H3,(H,22,24)/p+1. The molecule has 2 aromatic carbocycles. The van der Waals surface area contributed by atoms with E-state index in [0.717, 1.165) is 21.9 Å². The summed E-state index contributed by atoms with van der Waals surface area (Å²) in [6.07, 6.45) is 1.71. The van der Waals surface area contributed by atoms with Crippen molar-refractivity contribution in [2.75, 3.05) is 18.9 Å². The maximum atomic E-state index is 12.1. The number of hydrogen-bond acceptors (Lipinski definition) is 3. The molecular weight excluding hydrogens is 338 g/mol. The van der Waals surface area contributed by atoms with Gasteiger partial charge in [0, 0.05) is 16.3 Å². The summed E-state index contributed by atoms with van der Waals surface area (Å²) >= 11 is 5.83. The number of rotatable bonds is 6. The molecule has 5 nitrogen and oxygen atoms in total. The van der Waals surface area contributed by atoms with Gasteiger partial charge in [-0.25, -0.2) is 4.98 Å². The van der Waals surface area contributed by atoms with Crippen LogP contribution in [-0.2, 0) is 11.3 Å². The average Bonchev–Trinajstić information content (AvgIpc) is 3.06. The molecule has 3 rings (SSSR count). The molecular formula is C19H19ClN3O2+. The number of amides is 1. The summed E-state index contributed by atoms with van der Waals surface area (Å²) in [6.45, 7) is 0.840. The first-order chi connectivity index (χ1) is 12.1. The van der Waals surface area contributed by atoms with Gasteiger partial charge in [-0.05, 0) is 24.3 Å². The zero-order chi connectivity index (χ0) is 17.6. The molecule has 0 fully saturated rings. The molecule has 3 aromatic rings. The second-order valence-corrected chi connectivity index (χ2v) is 6.29. The van der Waals surface area contributed by atoms with Gasteiger partial charge < -0.3 is 14.6 Å². The highest BCUT2D eigenvalue weighted by Crippen LogP contribution is 2.19. The van der Waals surface area contributed by atoms with Crippen LogP contribution >= 0.6 is 11.6 Å². The van der Waals surface area contributed by atoms with Crippen LogP contribution in [0.1, 0.15) is 5.89 Å². The summed E-state index contributed by atoms with van der Waals surface area (Å²) in [4.78, 5) is 17.4. The first-order valence-corrected chi connectivity index (χ1v) is 8.35. The highest BCUT2D eigenvalue weighted by molar-refractivity contribution is 6.30. The van der Waals surface area contributed by atoms with Crippen LogP contribution in [0.4, 0.5) is 5.69 Å². The number of nitrogens with one attached hydrogen (secondary N) is 2. The number of benzene rings is 2. The van der Waals surface area contributed by atoms with Crippen LogP contribution in [0.15, 0.2) is 65.2 Å². The van der Waals surface area contributed by atoms with E-state index in [1.165, 1.54) is 0 Å². The molecule has 0 saturated heterocycles. The topological polar surface area (TPSA) is 59.6 Å². The lowest BCUT2D eigenvalue weighted by Gasteiger charge is -2.12. The van der Waals surface area contributed by atoms with Crippen molar-refractivity contribution in [1.29, 1.82) is 0 Å². The molecule has 1 atom stereocenters. The molecule has 0 saturated carbocycles. The van der Waals surface area contributed by atoms with Gasteiger partial charge >= 0.3 is 0 Å². The summed E-state index contributed by atoms with van der Waals surface area (Å²) in [5, 5.41) is 3.49. The maximum Gasteiger partial charge on any atom is 0.279 e. The second kappa shape index (κ2) is 7.96. The minimum Gasteiger partial charge on any atom is -0.435 e. The smallest absolute Gasteiger partial charge is 0.279 e. The molecule has 0 aliphatic heterocycles. The van der Waals surface area contributed by atoms with Crippen molar-refractivity contribution in [3.63, 3.8) is 0 Å². The molecule has 0 aliphatic rings. The van der Waals surface area contributed by atoms with Crippen LogP contribution in [0, 0.1) is 0 Å². The zero-order valence-corrected chi connectivity index (χ0v) is 14.6. The zero-order valence-electron chi connectivity index (χ0n) is 13.8. The minimum atomic E-state index is -0.0744. The summed E-state index contributed by atoms with van der Waals surface area (Å²) in [6, 6.07) is 16.8. The minimum absolute atomic E-state index is 0.0744. The van der Waals surface area contributed by atoms with Crippen molar-refractivity contribution in [2.45, 2.75) is 6.54 Å². The van der Waals surface area contributed by atoms with Gasteiger partial charge in [-0.2, -0.15) is 0 Å². The third-order valence-electron chi connectivity index (χ3n) is 3.66. The van der Waals surface area contributed by atoms with Crippen LogP contribution in [0.25, 0.3) is 11.3 Å². The summed E-state index contributed by atoms with van der Waals surface area (Å²) < 4.78 is 5.78. The number of anilines is 1. The SMILES string of the molecule is C[NH+](CC(=O)Nc1ccc(Cl)cc1)Cc1ncc(-c2ccccc2)o1. The van der Waals surface area contributed by atoms with Gasteiger partial charge in [0.05, 0.1) is 13.2 Å². The molecule has 0 bridgehead atoms. The van der Waals surface area contributed by atoms with Crippen LogP contribution in [0.3, 0.4) is 0 Å². The number of carbonyl (C=O) groups excluding carboxylic acids is 1. The third-order valence-corrected chi connectivity index (χ3v) is 3.91. The molecule has 1 amide bonds. The first-order valence-electron chi connectivity index (χ1n) is 7.97. The highest BCUT2D eigenvalue weighted by atomic mass is 35.5. The molecule has 25 heavy (non-hydrogen) atoms. The maximum absolute atomic E-state index is 12.1. The average molecular weight is 357 g/mol. The van der Waals surface area contributed by atoms with Crippen LogP contribution < -0.4 is 10.2 Å². The fourth-order valence-electron chi connectivity index (χ4n) is 2.46. The Morgan fingerprint density at radius 1 is 1.16 bits per heavy atom. The molecule has 1 aromatic heterocycles. The van der Waals surface area contributed by atoms with Crippen molar-refractivity contribution in [3.05, 3.63) is 71.7 Å². The number of carbonyl (C=O) groups is 1. The number of likely N-dealkylation sites (N-methyl/N-ethyl adjacent to an activating group) is 1. The normalized spacial score (nSPS) is 11.9. The van der Waals surface area contributed by atoms with E-state index >= 15 is 0 Å². The Hall–Kier alpha value is -2.63. The Bertz CT molecular complexity index is 831. The predicted octanol–water partition coefficient (Wildman–Crippen LogP) is 2.65. The van der Waals surface area contributed by atoms with Crippen LogP contribution in [0.2, 0.25) is 5.02 Å². The van der Waals surface area contributed by atoms with Gasteiger partial charge in [0.2, 0.25) is 0 Å². The van der Waals surface area contributed by atoms with Gasteiger partial charge in [0.1, 0.15) is 0 Å². The third kappa shape index (κ3) is 4.92. The van der Waals surface area contributed by atoms with E-state index in [0.29, 0.717) is 24.0 Å². The Morgan fingerprint density at radius 2 is 1.88 bits per heavy atom. The molecule has 6 heteroatoms. The van der Waals surface area contributed by atoms with Crippen molar-refractivity contribution in [1.82, 2.24) is 4.98 Å². The van der Waals surface area contributed by atoms with Gasteiger partial charge in [-0.1, -0.05) is 41.9 Å². The fourth-order valence-corrected chi connectivity index (χ4v) is 2.59. The quantitative estimate of drug-likeness (QED) is 0.714. The number of quaternary nitrogens is 1. The van der Waals surface area contributed by atoms with Gasteiger partial charge in [0.15, 0.2) is 18.8 Å². The van der Waals surface area contributed by atoms with Crippen molar-refractivity contribution < 1.29 is 14.1 Å². The lowest BCUT2D eigenvalue weighted by Crippen LogP contribution is -3.08. The monoisotopic (exact) mass is 356 g/mol. The van der Waals surface area contributed by atoms with Crippen molar-refractivity contribution in [3.8, 4) is 11.3 Å². The first kappa shape index (κ1) is 17.2. The summed E-state index contributed by atoms with van der Waals surface area (Å²) in [5.41, 5.74) is 1.71. The number of hydrogen-bond donors (Lipinski definition) is 2. The van der Waals surface area contributed by atoms with E-state index in [4.69, 9.17) is 16.0 Å². The number of aromatic nitrogens is 1. The van der Waals surface area contributed by atoms with E-state index < -0.39 is 0 Å². The summed E-state index contributed by atoms with van der Waals surface area (Å²) in [7, 11) is 1.92. The number of halogens is 1. The fraction of sp³-hybridized carbons (Fsp3) is 0.158. The van der Waals surface area contributed by atoms with E-state index in [2.05, 4.69) is 10.3 Å². The van der Waals surface area contributed by atoms with E-state index in [1.807, 2.05) is 37.4 Å². The van der Waals surface area contributed by atoms with Gasteiger partial charge in [-0.15, -0.1) is 0 Å². The van der Waals surface area contributed by atoms with Crippen LogP contribution in [-0.4, -0.2) is 24.5 Å². The molecule has 0 aliphatic carbocycles. The van der Waals surface area contributed by atoms with Gasteiger partial charge in [-0.3, -0.25) is 4.79 Å². The predicted molar refractivity (Wildman–Crippen MR) is 97.5 cm³/mol. The summed E-state index contributed by atoms with van der Waals surface area (Å²) in [5.74, 6) is 1.26. The highest BCUT2D eigenvalue weighted by Gasteiger charge is 2.14. The lowest BCUT2D eigenvalue weighted by molar-refractivity contribution is -0.886. The molecule has 0 spiro atoms. The van der Waals surface area contributed by atoms with Crippen molar-refractivity contribution >= 4 is 23.2 Å². The van der Waals surface area contributed by atoms with E-state index in [-0.39, 0.29) is 5.91 Å². The second-order valence-electron chi connectivity index (χ2n) is 5.85. The number of oxazole rings is 1. The molecule has 0 radical (unpaired) electrons.